The zero-order valence-corrected chi connectivity index (χ0v) is 14.7. The molecule has 2 N–H and O–H groups in total. The molecule has 0 heterocycles. The number of rotatable bonds is 11. The van der Waals surface area contributed by atoms with Gasteiger partial charge in [0, 0.05) is 27.2 Å². The highest BCUT2D eigenvalue weighted by Gasteiger charge is 2.00. The summed E-state index contributed by atoms with van der Waals surface area (Å²) >= 11 is 0. The number of unbranched alkanes of at least 4 members (excludes halogenated alkanes) is 3. The van der Waals surface area contributed by atoms with E-state index in [1.54, 1.807) is 14.2 Å². The van der Waals surface area contributed by atoms with Crippen molar-refractivity contribution in [3.05, 3.63) is 29.8 Å². The van der Waals surface area contributed by atoms with E-state index < -0.39 is 0 Å². The Morgan fingerprint density at radius 3 is 2.74 bits per heavy atom. The van der Waals surface area contributed by atoms with Crippen molar-refractivity contribution in [2.45, 2.75) is 39.2 Å². The van der Waals surface area contributed by atoms with Gasteiger partial charge in [-0.15, -0.1) is 0 Å². The van der Waals surface area contributed by atoms with E-state index in [1.807, 2.05) is 18.2 Å². The quantitative estimate of drug-likeness (QED) is 0.374. The van der Waals surface area contributed by atoms with E-state index in [-0.39, 0.29) is 0 Å². The van der Waals surface area contributed by atoms with Gasteiger partial charge in [0.2, 0.25) is 0 Å². The summed E-state index contributed by atoms with van der Waals surface area (Å²) in [7, 11) is 3.47. The fourth-order valence-corrected chi connectivity index (χ4v) is 2.15. The molecule has 0 spiro atoms. The molecule has 0 saturated carbocycles. The number of guanidine groups is 1. The molecular weight excluding hydrogens is 290 g/mol. The number of nitrogens with one attached hydrogen (secondary N) is 2. The number of nitrogens with zero attached hydrogens (tertiary/aromatic N) is 1. The number of hydrogen-bond donors (Lipinski definition) is 2. The first kappa shape index (κ1) is 19.3. The fraction of sp³-hybridized carbons (Fsp3) is 0.611. The lowest BCUT2D eigenvalue weighted by Gasteiger charge is -2.12. The lowest BCUT2D eigenvalue weighted by atomic mass is 10.2. The van der Waals surface area contributed by atoms with Gasteiger partial charge < -0.3 is 20.1 Å². The van der Waals surface area contributed by atoms with Crippen molar-refractivity contribution in [3.8, 4) is 5.75 Å². The second-order valence-corrected chi connectivity index (χ2v) is 5.40. The van der Waals surface area contributed by atoms with Crippen LogP contribution in [-0.4, -0.2) is 39.9 Å². The van der Waals surface area contributed by atoms with Crippen LogP contribution in [0.5, 0.6) is 5.75 Å². The largest absolute Gasteiger partial charge is 0.491 e. The van der Waals surface area contributed by atoms with Crippen LogP contribution in [-0.2, 0) is 11.3 Å². The molecule has 0 fully saturated rings. The average molecular weight is 321 g/mol. The van der Waals surface area contributed by atoms with Crippen LogP contribution in [0.2, 0.25) is 0 Å². The van der Waals surface area contributed by atoms with Crippen molar-refractivity contribution in [2.75, 3.05) is 33.9 Å². The maximum atomic E-state index is 5.62. The molecule has 1 rings (SSSR count). The molecule has 0 radical (unpaired) electrons. The Kier molecular flexibility index (Phi) is 10.7. The molecule has 0 aliphatic rings. The van der Waals surface area contributed by atoms with Gasteiger partial charge in [0.1, 0.15) is 12.4 Å². The van der Waals surface area contributed by atoms with Crippen LogP contribution in [0, 0.1) is 0 Å². The van der Waals surface area contributed by atoms with E-state index in [4.69, 9.17) is 9.47 Å². The molecule has 0 atom stereocenters. The van der Waals surface area contributed by atoms with Gasteiger partial charge >= 0.3 is 0 Å². The Bertz CT molecular complexity index is 450. The van der Waals surface area contributed by atoms with E-state index in [0.29, 0.717) is 13.2 Å². The van der Waals surface area contributed by atoms with Gasteiger partial charge in [-0.2, -0.15) is 0 Å². The lowest BCUT2D eigenvalue weighted by molar-refractivity contribution is 0.146. The Hall–Kier alpha value is -1.75. The molecule has 1 aromatic carbocycles. The number of methoxy groups -OCH3 is 1. The Balaban J connectivity index is 2.32. The van der Waals surface area contributed by atoms with E-state index >= 15 is 0 Å². The number of ether oxygens (including phenoxy) is 2. The summed E-state index contributed by atoms with van der Waals surface area (Å²) in [5.74, 6) is 1.70. The van der Waals surface area contributed by atoms with E-state index in [2.05, 4.69) is 28.6 Å². The molecule has 23 heavy (non-hydrogen) atoms. The second kappa shape index (κ2) is 12.8. The zero-order valence-electron chi connectivity index (χ0n) is 14.7. The van der Waals surface area contributed by atoms with Gasteiger partial charge in [0.25, 0.3) is 0 Å². The highest BCUT2D eigenvalue weighted by molar-refractivity contribution is 5.79. The molecule has 0 unspecified atom stereocenters. The average Bonchev–Trinajstić information content (AvgIpc) is 2.58. The first-order valence-electron chi connectivity index (χ1n) is 8.45. The first-order valence-corrected chi connectivity index (χ1v) is 8.45. The fourth-order valence-electron chi connectivity index (χ4n) is 2.15. The lowest BCUT2D eigenvalue weighted by Crippen LogP contribution is -2.37. The van der Waals surface area contributed by atoms with Crippen molar-refractivity contribution in [1.29, 1.82) is 0 Å². The monoisotopic (exact) mass is 321 g/mol. The third-order valence-corrected chi connectivity index (χ3v) is 3.46. The molecule has 0 saturated heterocycles. The minimum atomic E-state index is 0.564. The van der Waals surface area contributed by atoms with Crippen molar-refractivity contribution >= 4 is 5.96 Å². The normalized spacial score (nSPS) is 11.3. The van der Waals surface area contributed by atoms with Crippen LogP contribution in [0.1, 0.15) is 38.2 Å². The van der Waals surface area contributed by atoms with Crippen molar-refractivity contribution in [3.63, 3.8) is 0 Å². The van der Waals surface area contributed by atoms with Crippen molar-refractivity contribution in [1.82, 2.24) is 10.6 Å². The molecule has 0 aromatic heterocycles. The number of aliphatic imine (C=N–C) groups is 1. The first-order chi connectivity index (χ1) is 11.3. The molecule has 130 valence electrons. The van der Waals surface area contributed by atoms with Crippen LogP contribution in [0.4, 0.5) is 0 Å². The third kappa shape index (κ3) is 9.08. The molecule has 0 amide bonds. The van der Waals surface area contributed by atoms with Crippen molar-refractivity contribution < 1.29 is 9.47 Å². The van der Waals surface area contributed by atoms with Gasteiger partial charge in [-0.3, -0.25) is 4.99 Å². The minimum Gasteiger partial charge on any atom is -0.491 e. The highest BCUT2D eigenvalue weighted by atomic mass is 16.5. The summed E-state index contributed by atoms with van der Waals surface area (Å²) in [6.45, 7) is 5.06. The molecular formula is C18H31N3O2. The van der Waals surface area contributed by atoms with Crippen LogP contribution < -0.4 is 15.4 Å². The van der Waals surface area contributed by atoms with E-state index in [1.165, 1.54) is 25.7 Å². The highest BCUT2D eigenvalue weighted by Crippen LogP contribution is 2.13. The predicted octanol–water partition coefficient (Wildman–Crippen LogP) is 2.96. The van der Waals surface area contributed by atoms with Gasteiger partial charge in [-0.05, 0) is 24.1 Å². The molecule has 5 heteroatoms. The van der Waals surface area contributed by atoms with Gasteiger partial charge in [0.15, 0.2) is 5.96 Å². The third-order valence-electron chi connectivity index (χ3n) is 3.46. The molecule has 0 bridgehead atoms. The Labute approximate surface area is 140 Å². The maximum absolute atomic E-state index is 5.62. The summed E-state index contributed by atoms with van der Waals surface area (Å²) in [4.78, 5) is 4.25. The second-order valence-electron chi connectivity index (χ2n) is 5.40. The molecule has 0 aliphatic heterocycles. The summed E-state index contributed by atoms with van der Waals surface area (Å²) in [6, 6.07) is 8.07. The van der Waals surface area contributed by atoms with Gasteiger partial charge in [-0.1, -0.05) is 38.3 Å². The van der Waals surface area contributed by atoms with E-state index in [9.17, 15) is 0 Å². The topological polar surface area (TPSA) is 54.9 Å². The molecule has 1 aromatic rings. The van der Waals surface area contributed by atoms with Crippen LogP contribution >= 0.6 is 0 Å². The summed E-state index contributed by atoms with van der Waals surface area (Å²) in [5.41, 5.74) is 1.16. The smallest absolute Gasteiger partial charge is 0.191 e. The van der Waals surface area contributed by atoms with E-state index in [0.717, 1.165) is 30.4 Å². The zero-order chi connectivity index (χ0) is 16.8. The molecule has 5 nitrogen and oxygen atoms in total. The van der Waals surface area contributed by atoms with Gasteiger partial charge in [-0.25, -0.2) is 0 Å². The molecule has 0 aliphatic carbocycles. The van der Waals surface area contributed by atoms with Crippen LogP contribution in [0.3, 0.4) is 0 Å². The summed E-state index contributed by atoms with van der Waals surface area (Å²) in [5, 5.41) is 6.68. The Morgan fingerprint density at radius 2 is 2.00 bits per heavy atom. The SMILES string of the molecule is CCCCCCNC(=NC)NCc1cccc(OCCOC)c1. The standard InChI is InChI=1S/C18H31N3O2/c1-4-5-6-7-11-20-18(19-2)21-15-16-9-8-10-17(14-16)23-13-12-22-3/h8-10,14H,4-7,11-13,15H2,1-3H3,(H2,19,20,21). The van der Waals surface area contributed by atoms with Gasteiger partial charge in [0.05, 0.1) is 6.61 Å². The number of benzene rings is 1. The number of hydrogen-bond acceptors (Lipinski definition) is 3. The maximum Gasteiger partial charge on any atom is 0.191 e. The van der Waals surface area contributed by atoms with Crippen molar-refractivity contribution in [2.24, 2.45) is 4.99 Å². The minimum absolute atomic E-state index is 0.564. The van der Waals surface area contributed by atoms with Crippen LogP contribution in [0.25, 0.3) is 0 Å². The Morgan fingerprint density at radius 1 is 1.13 bits per heavy atom. The predicted molar refractivity (Wildman–Crippen MR) is 96.2 cm³/mol. The summed E-state index contributed by atoms with van der Waals surface area (Å²) in [6.07, 6.45) is 5.00. The summed E-state index contributed by atoms with van der Waals surface area (Å²) < 4.78 is 10.6. The van der Waals surface area contributed by atoms with Crippen LogP contribution in [0.15, 0.2) is 29.3 Å².